The number of benzene rings is 3. The summed E-state index contributed by atoms with van der Waals surface area (Å²) in [6, 6.07) is 19.5. The minimum atomic E-state index is -0.125. The minimum Gasteiger partial charge on any atom is -0.512 e. The van der Waals surface area contributed by atoms with Gasteiger partial charge < -0.3 is 5.11 Å². The number of thiophene rings is 1. The molecule has 0 aliphatic heterocycles. The summed E-state index contributed by atoms with van der Waals surface area (Å²) in [7, 11) is 0. The molecule has 3 aromatic carbocycles. The Labute approximate surface area is 255 Å². The summed E-state index contributed by atoms with van der Waals surface area (Å²) in [6.07, 6.45) is 3.12. The molecule has 0 saturated carbocycles. The van der Waals surface area contributed by atoms with E-state index < -0.39 is 0 Å². The van der Waals surface area contributed by atoms with Gasteiger partial charge in [0.15, 0.2) is 5.78 Å². The van der Waals surface area contributed by atoms with Crippen LogP contribution in [0.4, 0.5) is 0 Å². The molecule has 0 bridgehead atoms. The topological polar surface area (TPSA) is 50.2 Å². The maximum Gasteiger partial charge on any atom is 0.155 e. The first-order chi connectivity index (χ1) is 18.3. The maximum atomic E-state index is 10.0. The predicted molar refractivity (Wildman–Crippen MR) is 168 cm³/mol. The van der Waals surface area contributed by atoms with E-state index in [0.29, 0.717) is 5.92 Å². The normalized spacial score (nSPS) is 12.0. The van der Waals surface area contributed by atoms with Crippen LogP contribution >= 0.6 is 11.3 Å². The summed E-state index contributed by atoms with van der Waals surface area (Å²) >= 11 is 1.87. The molecule has 1 radical (unpaired) electrons. The van der Waals surface area contributed by atoms with E-state index in [1.165, 1.54) is 73.1 Å². The number of nitrogens with zero attached hydrogens (tertiary/aromatic N) is 1. The molecule has 0 atom stereocenters. The summed E-state index contributed by atoms with van der Waals surface area (Å²) in [5.74, 6) is 0.428. The largest absolute Gasteiger partial charge is 0.512 e. The second-order valence-corrected chi connectivity index (χ2v) is 13.0. The summed E-state index contributed by atoms with van der Waals surface area (Å²) in [4.78, 5) is 16.2. The maximum absolute atomic E-state index is 10.0. The Kier molecular flexibility index (Phi) is 9.77. The summed E-state index contributed by atoms with van der Waals surface area (Å²) in [5.41, 5.74) is 6.34. The van der Waals surface area contributed by atoms with Crippen LogP contribution in [0.2, 0.25) is 0 Å². The van der Waals surface area contributed by atoms with Crippen LogP contribution in [0.5, 0.6) is 0 Å². The smallest absolute Gasteiger partial charge is 0.155 e. The van der Waals surface area contributed by atoms with Crippen molar-refractivity contribution < 1.29 is 30.0 Å². The van der Waals surface area contributed by atoms with Crippen LogP contribution in [0, 0.1) is 19.9 Å². The van der Waals surface area contributed by atoms with Crippen molar-refractivity contribution in [3.05, 3.63) is 88.1 Å². The van der Waals surface area contributed by atoms with Crippen molar-refractivity contribution in [3.8, 4) is 11.3 Å². The van der Waals surface area contributed by atoms with Gasteiger partial charge in [0.05, 0.1) is 5.76 Å². The molecule has 211 valence electrons. The molecule has 0 unspecified atom stereocenters. The molecule has 0 fully saturated rings. The Bertz CT molecular complexity index is 1730. The number of pyridine rings is 1. The third kappa shape index (κ3) is 6.54. The first-order valence-electron chi connectivity index (χ1n) is 13.4. The standard InChI is InChI=1S/C30H30NS.C5H8O2.Ir/c1-17(2)27-18(3)8-9-22-23-12-13-31-28(25(23)11-10-24(22)27)20-15-21-14-19(4)32-29(21)26(16-20)30(5,6)7;1-4(6)3-5(2)7;/h8-14,16-17H,1-7H3;3,6H,1-2H3;/q-1;;/b;4-3-;. The van der Waals surface area contributed by atoms with Crippen LogP contribution in [0.3, 0.4) is 0 Å². The second kappa shape index (κ2) is 12.3. The van der Waals surface area contributed by atoms with Crippen LogP contribution in [0.15, 0.2) is 60.5 Å². The number of ketones is 1. The SMILES string of the molecule is CC(=O)/C=C(/C)O.Cc1cc2[c-]c(-c3nccc4c3ccc3c(C(C)C)c(C)ccc34)cc(C(C)(C)C)c2s1.[Ir]. The zero-order chi connectivity index (χ0) is 28.6. The molecular weight excluding hydrogens is 691 g/mol. The number of fused-ring (bicyclic) bond motifs is 4. The van der Waals surface area contributed by atoms with Gasteiger partial charge in [-0.3, -0.25) is 9.78 Å². The van der Waals surface area contributed by atoms with Gasteiger partial charge in [-0.2, -0.15) is 11.3 Å². The number of rotatable bonds is 3. The molecule has 0 saturated heterocycles. The third-order valence-corrected chi connectivity index (χ3v) is 8.00. The molecule has 5 aromatic rings. The van der Waals surface area contributed by atoms with Gasteiger partial charge in [0.25, 0.3) is 0 Å². The number of hydrogen-bond donors (Lipinski definition) is 1. The fourth-order valence-electron chi connectivity index (χ4n) is 5.36. The molecule has 3 nitrogen and oxygen atoms in total. The number of aryl methyl sites for hydroxylation is 2. The molecule has 0 amide bonds. The van der Waals surface area contributed by atoms with E-state index in [1.807, 2.05) is 17.5 Å². The van der Waals surface area contributed by atoms with Crippen molar-refractivity contribution in [1.29, 1.82) is 0 Å². The Hall–Kier alpha value is -2.85. The Morgan fingerprint density at radius 3 is 2.17 bits per heavy atom. The van der Waals surface area contributed by atoms with Crippen LogP contribution in [0.25, 0.3) is 42.9 Å². The van der Waals surface area contributed by atoms with Crippen LogP contribution < -0.4 is 0 Å². The Morgan fingerprint density at radius 2 is 1.60 bits per heavy atom. The number of allylic oxidation sites excluding steroid dienone is 2. The molecular formula is C35H38IrNO2S-. The zero-order valence-electron chi connectivity index (χ0n) is 24.8. The molecule has 2 heterocycles. The first kappa shape index (κ1) is 31.7. The molecule has 5 heteroatoms. The van der Waals surface area contributed by atoms with E-state index in [1.54, 1.807) is 0 Å². The molecule has 2 aromatic heterocycles. The summed E-state index contributed by atoms with van der Waals surface area (Å²) in [6.45, 7) is 18.7. The Balaban J connectivity index is 0.000000492. The van der Waals surface area contributed by atoms with E-state index in [0.717, 1.165) is 11.3 Å². The van der Waals surface area contributed by atoms with Gasteiger partial charge in [0, 0.05) is 38.1 Å². The van der Waals surface area contributed by atoms with Crippen molar-refractivity contribution in [3.63, 3.8) is 0 Å². The molecule has 0 aliphatic rings. The van der Waals surface area contributed by atoms with Gasteiger partial charge in [-0.15, -0.1) is 23.6 Å². The fourth-order valence-corrected chi connectivity index (χ4v) is 6.56. The van der Waals surface area contributed by atoms with E-state index in [4.69, 9.17) is 10.1 Å². The van der Waals surface area contributed by atoms with Crippen molar-refractivity contribution in [2.75, 3.05) is 0 Å². The molecule has 40 heavy (non-hydrogen) atoms. The van der Waals surface area contributed by atoms with E-state index in [2.05, 4.69) is 97.0 Å². The van der Waals surface area contributed by atoms with Crippen molar-refractivity contribution in [2.45, 2.75) is 73.6 Å². The molecule has 1 N–H and O–H groups in total. The van der Waals surface area contributed by atoms with Gasteiger partial charge in [-0.25, -0.2) is 0 Å². The number of aromatic nitrogens is 1. The van der Waals surface area contributed by atoms with Gasteiger partial charge in [-0.1, -0.05) is 70.0 Å². The number of hydrogen-bond acceptors (Lipinski definition) is 4. The number of aliphatic hydroxyl groups excluding tert-OH is 1. The fraction of sp³-hybridized carbons (Fsp3) is 0.314. The second-order valence-electron chi connectivity index (χ2n) is 11.7. The summed E-state index contributed by atoms with van der Waals surface area (Å²) in [5, 5.41) is 14.7. The average Bonchev–Trinajstić information content (AvgIpc) is 3.21. The van der Waals surface area contributed by atoms with Crippen molar-refractivity contribution in [2.24, 2.45) is 0 Å². The zero-order valence-corrected chi connectivity index (χ0v) is 28.0. The molecule has 0 aliphatic carbocycles. The van der Waals surface area contributed by atoms with Gasteiger partial charge >= 0.3 is 0 Å². The van der Waals surface area contributed by atoms with E-state index in [-0.39, 0.29) is 37.1 Å². The number of carbonyl (C=O) groups is 1. The first-order valence-corrected chi connectivity index (χ1v) is 14.3. The molecule has 0 spiro atoms. The average molecular weight is 729 g/mol. The van der Waals surface area contributed by atoms with Crippen LogP contribution in [-0.2, 0) is 30.3 Å². The third-order valence-electron chi connectivity index (χ3n) is 6.91. The van der Waals surface area contributed by atoms with Gasteiger partial charge in [-0.05, 0) is 87.3 Å². The van der Waals surface area contributed by atoms with Crippen molar-refractivity contribution >= 4 is 48.8 Å². The monoisotopic (exact) mass is 729 g/mol. The van der Waals surface area contributed by atoms with Crippen LogP contribution in [0.1, 0.15) is 76.0 Å². The molecule has 5 rings (SSSR count). The summed E-state index contributed by atoms with van der Waals surface area (Å²) < 4.78 is 1.35. The van der Waals surface area contributed by atoms with Crippen LogP contribution in [-0.4, -0.2) is 15.9 Å². The quantitative estimate of drug-likeness (QED) is 0.0871. The van der Waals surface area contributed by atoms with Gasteiger partial charge in [0.2, 0.25) is 0 Å². The Morgan fingerprint density at radius 1 is 0.975 bits per heavy atom. The van der Waals surface area contributed by atoms with Gasteiger partial charge in [0.1, 0.15) is 0 Å². The van der Waals surface area contributed by atoms with Crippen molar-refractivity contribution in [1.82, 2.24) is 4.98 Å². The predicted octanol–water partition coefficient (Wildman–Crippen LogP) is 10.1. The number of carbonyl (C=O) groups excluding carboxylic acids is 1. The van der Waals surface area contributed by atoms with E-state index in [9.17, 15) is 4.79 Å². The minimum absolute atomic E-state index is 0. The number of aliphatic hydroxyl groups is 1. The van der Waals surface area contributed by atoms with E-state index >= 15 is 0 Å².